The molecule has 104 valence electrons. The van der Waals surface area contributed by atoms with Crippen LogP contribution in [0.1, 0.15) is 25.7 Å². The van der Waals surface area contributed by atoms with Crippen LogP contribution in [0, 0.1) is 17.7 Å². The van der Waals surface area contributed by atoms with Crippen molar-refractivity contribution in [3.05, 3.63) is 30.1 Å². The molecule has 1 aliphatic carbocycles. The van der Waals surface area contributed by atoms with E-state index in [1.807, 2.05) is 0 Å². The van der Waals surface area contributed by atoms with Crippen LogP contribution in [0.4, 0.5) is 4.39 Å². The molecule has 0 radical (unpaired) electrons. The summed E-state index contributed by atoms with van der Waals surface area (Å²) in [7, 11) is -3.45. The van der Waals surface area contributed by atoms with Gasteiger partial charge < -0.3 is 0 Å². The summed E-state index contributed by atoms with van der Waals surface area (Å²) in [6.07, 6.45) is 4.71. The van der Waals surface area contributed by atoms with E-state index in [1.54, 1.807) is 4.31 Å². The van der Waals surface area contributed by atoms with E-state index in [-0.39, 0.29) is 4.90 Å². The Morgan fingerprint density at radius 3 is 2.05 bits per heavy atom. The van der Waals surface area contributed by atoms with Crippen molar-refractivity contribution in [2.24, 2.45) is 11.8 Å². The van der Waals surface area contributed by atoms with Crippen LogP contribution in [0.3, 0.4) is 0 Å². The summed E-state index contributed by atoms with van der Waals surface area (Å²) < 4.78 is 39.5. The highest BCUT2D eigenvalue weighted by atomic mass is 32.2. The fourth-order valence-electron chi connectivity index (χ4n) is 3.31. The first-order chi connectivity index (χ1) is 9.07. The number of benzene rings is 1. The van der Waals surface area contributed by atoms with Gasteiger partial charge in [-0.2, -0.15) is 4.31 Å². The molecule has 1 saturated heterocycles. The molecule has 1 aromatic carbocycles. The Kier molecular flexibility index (Phi) is 3.35. The molecular weight excluding hydrogens is 265 g/mol. The minimum atomic E-state index is -3.45. The Morgan fingerprint density at radius 2 is 1.53 bits per heavy atom. The summed E-state index contributed by atoms with van der Waals surface area (Å²) in [6, 6.07) is 5.12. The smallest absolute Gasteiger partial charge is 0.207 e. The number of rotatable bonds is 2. The van der Waals surface area contributed by atoms with E-state index in [1.165, 1.54) is 37.1 Å². The van der Waals surface area contributed by atoms with Gasteiger partial charge in [0.05, 0.1) is 4.90 Å². The van der Waals surface area contributed by atoms with E-state index in [4.69, 9.17) is 0 Å². The maximum absolute atomic E-state index is 12.9. The summed E-state index contributed by atoms with van der Waals surface area (Å²) in [5, 5.41) is 0. The van der Waals surface area contributed by atoms with Crippen molar-refractivity contribution >= 4 is 10.0 Å². The first-order valence-corrected chi connectivity index (χ1v) is 8.27. The van der Waals surface area contributed by atoms with E-state index >= 15 is 0 Å². The fraction of sp³-hybridized carbons (Fsp3) is 0.571. The Balaban J connectivity index is 1.83. The lowest BCUT2D eigenvalue weighted by Crippen LogP contribution is -2.29. The summed E-state index contributed by atoms with van der Waals surface area (Å²) in [4.78, 5) is 0.201. The van der Waals surface area contributed by atoms with Crippen molar-refractivity contribution in [3.8, 4) is 0 Å². The van der Waals surface area contributed by atoms with Crippen molar-refractivity contribution < 1.29 is 12.8 Å². The number of nitrogens with zero attached hydrogens (tertiary/aromatic N) is 1. The van der Waals surface area contributed by atoms with Gasteiger partial charge >= 0.3 is 0 Å². The maximum Gasteiger partial charge on any atom is 0.243 e. The molecule has 2 fully saturated rings. The molecule has 0 N–H and O–H groups in total. The van der Waals surface area contributed by atoms with Gasteiger partial charge in [0.2, 0.25) is 10.0 Å². The number of halogens is 1. The fourth-order valence-corrected chi connectivity index (χ4v) is 4.87. The summed E-state index contributed by atoms with van der Waals surface area (Å²) >= 11 is 0. The average molecular weight is 283 g/mol. The van der Waals surface area contributed by atoms with Crippen LogP contribution in [0.15, 0.2) is 29.2 Å². The number of hydrogen-bond acceptors (Lipinski definition) is 2. The van der Waals surface area contributed by atoms with Crippen LogP contribution in [0.5, 0.6) is 0 Å². The van der Waals surface area contributed by atoms with Crippen LogP contribution >= 0.6 is 0 Å². The van der Waals surface area contributed by atoms with Gasteiger partial charge in [0.1, 0.15) is 5.82 Å². The second kappa shape index (κ2) is 4.87. The highest BCUT2D eigenvalue weighted by Crippen LogP contribution is 2.38. The normalized spacial score (nSPS) is 28.3. The van der Waals surface area contributed by atoms with Crippen LogP contribution in [-0.4, -0.2) is 25.8 Å². The van der Waals surface area contributed by atoms with Crippen molar-refractivity contribution in [2.45, 2.75) is 30.6 Å². The third-order valence-corrected chi connectivity index (χ3v) is 6.24. The molecule has 0 spiro atoms. The zero-order valence-electron chi connectivity index (χ0n) is 10.8. The molecule has 0 bridgehead atoms. The van der Waals surface area contributed by atoms with Crippen molar-refractivity contribution in [2.75, 3.05) is 13.1 Å². The summed E-state index contributed by atoms with van der Waals surface area (Å²) in [5.41, 5.74) is 0. The van der Waals surface area contributed by atoms with Crippen LogP contribution < -0.4 is 0 Å². The Labute approximate surface area is 113 Å². The van der Waals surface area contributed by atoms with Crippen molar-refractivity contribution in [1.29, 1.82) is 0 Å². The maximum atomic E-state index is 12.9. The van der Waals surface area contributed by atoms with Gasteiger partial charge in [-0.05, 0) is 48.9 Å². The average Bonchev–Trinajstić information content (AvgIpc) is 2.83. The van der Waals surface area contributed by atoms with Crippen LogP contribution in [-0.2, 0) is 10.0 Å². The molecule has 3 nitrogen and oxygen atoms in total. The van der Waals surface area contributed by atoms with Gasteiger partial charge in [-0.3, -0.25) is 0 Å². The van der Waals surface area contributed by atoms with Gasteiger partial charge in [0, 0.05) is 13.1 Å². The van der Waals surface area contributed by atoms with Gasteiger partial charge in [-0.1, -0.05) is 12.8 Å². The molecule has 1 saturated carbocycles. The quantitative estimate of drug-likeness (QED) is 0.836. The van der Waals surface area contributed by atoms with Gasteiger partial charge in [-0.25, -0.2) is 12.8 Å². The van der Waals surface area contributed by atoms with Crippen LogP contribution in [0.2, 0.25) is 0 Å². The third kappa shape index (κ3) is 2.41. The summed E-state index contributed by atoms with van der Waals surface area (Å²) in [5.74, 6) is 0.627. The monoisotopic (exact) mass is 283 g/mol. The minimum absolute atomic E-state index is 0.201. The van der Waals surface area contributed by atoms with Gasteiger partial charge in [0.25, 0.3) is 0 Å². The molecule has 2 aliphatic rings. The second-order valence-electron chi connectivity index (χ2n) is 5.58. The third-order valence-electron chi connectivity index (χ3n) is 4.39. The lowest BCUT2D eigenvalue weighted by Gasteiger charge is -2.22. The standard InChI is InChI=1S/C14H18FNO2S/c15-13-5-7-14(8-6-13)19(17,18)16-9-11-3-1-2-4-12(11)10-16/h5-8,11-12H,1-4,9-10H2. The SMILES string of the molecule is O=S(=O)(c1ccc(F)cc1)N1CC2CCCCC2C1. The second-order valence-corrected chi connectivity index (χ2v) is 7.52. The molecule has 2 atom stereocenters. The Bertz CT molecular complexity index is 541. The Morgan fingerprint density at radius 1 is 1.00 bits per heavy atom. The largest absolute Gasteiger partial charge is 0.243 e. The van der Waals surface area contributed by atoms with E-state index in [0.717, 1.165) is 12.8 Å². The molecule has 19 heavy (non-hydrogen) atoms. The first-order valence-electron chi connectivity index (χ1n) is 6.83. The molecule has 0 amide bonds. The number of hydrogen-bond donors (Lipinski definition) is 0. The van der Waals surface area contributed by atoms with Crippen LogP contribution in [0.25, 0.3) is 0 Å². The highest BCUT2D eigenvalue weighted by molar-refractivity contribution is 7.89. The number of fused-ring (bicyclic) bond motifs is 1. The lowest BCUT2D eigenvalue weighted by atomic mass is 9.82. The first kappa shape index (κ1) is 13.1. The molecule has 5 heteroatoms. The van der Waals surface area contributed by atoms with Gasteiger partial charge in [-0.15, -0.1) is 0 Å². The molecular formula is C14H18FNO2S. The minimum Gasteiger partial charge on any atom is -0.207 e. The zero-order valence-corrected chi connectivity index (χ0v) is 11.6. The van der Waals surface area contributed by atoms with Gasteiger partial charge in [0.15, 0.2) is 0 Å². The highest BCUT2D eigenvalue weighted by Gasteiger charge is 2.39. The van der Waals surface area contributed by atoms with Crippen molar-refractivity contribution in [1.82, 2.24) is 4.31 Å². The van der Waals surface area contributed by atoms with E-state index in [0.29, 0.717) is 24.9 Å². The van der Waals surface area contributed by atoms with E-state index in [9.17, 15) is 12.8 Å². The molecule has 2 unspecified atom stereocenters. The molecule has 1 aliphatic heterocycles. The molecule has 0 aromatic heterocycles. The molecule has 3 rings (SSSR count). The number of sulfonamides is 1. The van der Waals surface area contributed by atoms with Crippen molar-refractivity contribution in [3.63, 3.8) is 0 Å². The predicted molar refractivity (Wildman–Crippen MR) is 70.6 cm³/mol. The summed E-state index contributed by atoms with van der Waals surface area (Å²) in [6.45, 7) is 1.26. The zero-order chi connectivity index (χ0) is 13.5. The Hall–Kier alpha value is -0.940. The topological polar surface area (TPSA) is 37.4 Å². The van der Waals surface area contributed by atoms with E-state index in [2.05, 4.69) is 0 Å². The lowest BCUT2D eigenvalue weighted by molar-refractivity contribution is 0.299. The predicted octanol–water partition coefficient (Wildman–Crippen LogP) is 2.64. The molecule has 1 heterocycles. The molecule has 1 aromatic rings. The van der Waals surface area contributed by atoms with E-state index < -0.39 is 15.8 Å².